The van der Waals surface area contributed by atoms with Crippen molar-refractivity contribution in [1.82, 2.24) is 24.7 Å². The van der Waals surface area contributed by atoms with Gasteiger partial charge >= 0.3 is 0 Å². The lowest BCUT2D eigenvalue weighted by molar-refractivity contribution is -0.129. The van der Waals surface area contributed by atoms with Gasteiger partial charge in [0, 0.05) is 44.1 Å². The molecule has 0 spiro atoms. The molecule has 0 N–H and O–H groups in total. The highest BCUT2D eigenvalue weighted by Gasteiger charge is 2.36. The summed E-state index contributed by atoms with van der Waals surface area (Å²) in [6.07, 6.45) is 7.12. The van der Waals surface area contributed by atoms with Crippen molar-refractivity contribution in [3.8, 4) is 11.3 Å². The van der Waals surface area contributed by atoms with E-state index in [2.05, 4.69) is 50.3 Å². The molecule has 1 aliphatic carbocycles. The molecule has 0 radical (unpaired) electrons. The van der Waals surface area contributed by atoms with Crippen molar-refractivity contribution >= 4 is 17.2 Å². The van der Waals surface area contributed by atoms with Crippen LogP contribution in [0, 0.1) is 5.92 Å². The number of rotatable bonds is 5. The molecule has 5 rings (SSSR count). The van der Waals surface area contributed by atoms with E-state index in [0.717, 1.165) is 35.7 Å². The number of likely N-dealkylation sites (tertiary alicyclic amines) is 1. The lowest BCUT2D eigenvalue weighted by Crippen LogP contribution is -2.35. The van der Waals surface area contributed by atoms with E-state index in [0.29, 0.717) is 24.3 Å². The number of benzene rings is 1. The third-order valence-corrected chi connectivity index (χ3v) is 6.27. The summed E-state index contributed by atoms with van der Waals surface area (Å²) in [5, 5.41) is 13.0. The van der Waals surface area contributed by atoms with Gasteiger partial charge in [0.1, 0.15) is 6.33 Å². The van der Waals surface area contributed by atoms with Gasteiger partial charge in [-0.1, -0.05) is 43.2 Å². The number of carbonyl (C=O) groups is 1. The maximum absolute atomic E-state index is 12.6. The molecule has 0 bridgehead atoms. The van der Waals surface area contributed by atoms with E-state index in [9.17, 15) is 4.79 Å². The largest absolute Gasteiger partial charge is 0.371 e. The number of fused-ring (bicyclic) bond motifs is 1. The molecule has 1 saturated carbocycles. The minimum Gasteiger partial charge on any atom is -0.371 e. The first-order valence-corrected chi connectivity index (χ1v) is 10.5. The van der Waals surface area contributed by atoms with Crippen LogP contribution in [-0.2, 0) is 4.79 Å². The molecule has 1 saturated heterocycles. The Morgan fingerprint density at radius 3 is 2.76 bits per heavy atom. The van der Waals surface area contributed by atoms with Gasteiger partial charge in [0.15, 0.2) is 0 Å². The molecule has 2 aromatic heterocycles. The van der Waals surface area contributed by atoms with Crippen LogP contribution in [0.4, 0.5) is 5.69 Å². The molecule has 7 nitrogen and oxygen atoms in total. The Kier molecular flexibility index (Phi) is 4.66. The van der Waals surface area contributed by atoms with Crippen LogP contribution in [0.2, 0.25) is 0 Å². The molecule has 2 fully saturated rings. The van der Waals surface area contributed by atoms with Gasteiger partial charge in [0.05, 0.1) is 11.4 Å². The van der Waals surface area contributed by atoms with E-state index < -0.39 is 0 Å². The average molecular weight is 390 g/mol. The highest BCUT2D eigenvalue weighted by atomic mass is 16.2. The molecule has 1 atom stereocenters. The molecule has 3 aromatic rings. The van der Waals surface area contributed by atoms with Crippen LogP contribution in [0.15, 0.2) is 42.7 Å². The zero-order valence-electron chi connectivity index (χ0n) is 16.7. The fraction of sp³-hybridized carbons (Fsp3) is 0.455. The van der Waals surface area contributed by atoms with Crippen LogP contribution in [0.1, 0.15) is 32.1 Å². The number of amides is 1. The third kappa shape index (κ3) is 3.45. The first kappa shape index (κ1) is 18.1. The number of carbonyl (C=O) groups excluding carboxylic acids is 1. The van der Waals surface area contributed by atoms with Gasteiger partial charge in [-0.15, -0.1) is 10.2 Å². The number of anilines is 1. The van der Waals surface area contributed by atoms with E-state index in [-0.39, 0.29) is 0 Å². The maximum Gasteiger partial charge on any atom is 0.223 e. The van der Waals surface area contributed by atoms with E-state index >= 15 is 0 Å². The van der Waals surface area contributed by atoms with Crippen LogP contribution in [-0.4, -0.2) is 56.8 Å². The minimum atomic E-state index is 0.322. The van der Waals surface area contributed by atoms with Gasteiger partial charge in [-0.2, -0.15) is 9.61 Å². The van der Waals surface area contributed by atoms with Crippen molar-refractivity contribution in [2.24, 2.45) is 5.92 Å². The Hall–Kier alpha value is -2.96. The van der Waals surface area contributed by atoms with Crippen LogP contribution in [0.5, 0.6) is 0 Å². The highest BCUT2D eigenvalue weighted by Crippen LogP contribution is 2.31. The second kappa shape index (κ2) is 7.46. The molecule has 1 unspecified atom stereocenters. The molecule has 7 heteroatoms. The maximum atomic E-state index is 12.6. The summed E-state index contributed by atoms with van der Waals surface area (Å²) in [4.78, 5) is 16.9. The Balaban J connectivity index is 1.39. The monoisotopic (exact) mass is 390 g/mol. The minimum absolute atomic E-state index is 0.322. The van der Waals surface area contributed by atoms with Crippen LogP contribution < -0.4 is 4.90 Å². The molecule has 1 aliphatic heterocycles. The van der Waals surface area contributed by atoms with Gasteiger partial charge in [0.2, 0.25) is 11.6 Å². The molecule has 1 amide bonds. The molecule has 150 valence electrons. The third-order valence-electron chi connectivity index (χ3n) is 6.27. The van der Waals surface area contributed by atoms with E-state index in [4.69, 9.17) is 0 Å². The van der Waals surface area contributed by atoms with Crippen molar-refractivity contribution < 1.29 is 4.79 Å². The molecular formula is C22H26N6O. The lowest BCUT2D eigenvalue weighted by Gasteiger charge is -2.26. The Labute approximate surface area is 170 Å². The van der Waals surface area contributed by atoms with Crippen LogP contribution >= 0.6 is 0 Å². The van der Waals surface area contributed by atoms with Crippen molar-refractivity contribution in [2.45, 2.75) is 38.1 Å². The molecule has 2 aliphatic rings. The summed E-state index contributed by atoms with van der Waals surface area (Å²) in [5.41, 5.74) is 3.67. The Morgan fingerprint density at radius 1 is 1.17 bits per heavy atom. The predicted molar refractivity (Wildman–Crippen MR) is 112 cm³/mol. The van der Waals surface area contributed by atoms with Crippen molar-refractivity contribution in [1.29, 1.82) is 0 Å². The van der Waals surface area contributed by atoms with Crippen LogP contribution in [0.25, 0.3) is 16.9 Å². The van der Waals surface area contributed by atoms with Gasteiger partial charge < -0.3 is 9.80 Å². The predicted octanol–water partition coefficient (Wildman–Crippen LogP) is 3.02. The summed E-state index contributed by atoms with van der Waals surface area (Å²) in [6.45, 7) is 1.68. The first-order chi connectivity index (χ1) is 14.2. The van der Waals surface area contributed by atoms with Gasteiger partial charge in [-0.3, -0.25) is 4.79 Å². The van der Waals surface area contributed by atoms with E-state index in [1.54, 1.807) is 10.8 Å². The van der Waals surface area contributed by atoms with Gasteiger partial charge in [-0.25, -0.2) is 0 Å². The molecular weight excluding hydrogens is 364 g/mol. The summed E-state index contributed by atoms with van der Waals surface area (Å²) < 4.78 is 1.73. The van der Waals surface area contributed by atoms with E-state index in [1.807, 2.05) is 18.2 Å². The van der Waals surface area contributed by atoms with Crippen molar-refractivity contribution in [3.05, 3.63) is 42.7 Å². The van der Waals surface area contributed by atoms with Gasteiger partial charge in [-0.05, 0) is 18.9 Å². The average Bonchev–Trinajstić information content (AvgIpc) is 3.48. The topological polar surface area (TPSA) is 66.6 Å². The normalized spacial score (nSPS) is 20.1. The number of hydrogen-bond acceptors (Lipinski definition) is 5. The number of hydrogen-bond donors (Lipinski definition) is 0. The fourth-order valence-corrected chi connectivity index (χ4v) is 4.83. The fourth-order valence-electron chi connectivity index (χ4n) is 4.83. The second-order valence-electron chi connectivity index (χ2n) is 8.32. The second-order valence-corrected chi connectivity index (χ2v) is 8.32. The molecule has 3 heterocycles. The van der Waals surface area contributed by atoms with Crippen molar-refractivity contribution in [3.63, 3.8) is 0 Å². The standard InChI is InChI=1S/C22H26N6O/c1-26(13-16-11-21(29)27(14-16)18-9-5-6-10-18)20-12-19(17-7-3-2-4-8-17)25-28-15-23-24-22(20)28/h2-4,7-8,12,15-16,18H,5-6,9-11,13-14H2,1H3. The smallest absolute Gasteiger partial charge is 0.223 e. The Morgan fingerprint density at radius 2 is 1.97 bits per heavy atom. The Bertz CT molecular complexity index is 1010. The van der Waals surface area contributed by atoms with Gasteiger partial charge in [0.25, 0.3) is 0 Å². The quantitative estimate of drug-likeness (QED) is 0.670. The molecule has 1 aromatic carbocycles. The summed E-state index contributed by atoms with van der Waals surface area (Å²) in [5.74, 6) is 0.659. The summed E-state index contributed by atoms with van der Waals surface area (Å²) in [6, 6.07) is 12.7. The zero-order chi connectivity index (χ0) is 19.8. The summed E-state index contributed by atoms with van der Waals surface area (Å²) in [7, 11) is 2.07. The zero-order valence-corrected chi connectivity index (χ0v) is 16.7. The van der Waals surface area contributed by atoms with Crippen molar-refractivity contribution in [2.75, 3.05) is 25.0 Å². The highest BCUT2D eigenvalue weighted by molar-refractivity contribution is 5.79. The molecule has 29 heavy (non-hydrogen) atoms. The first-order valence-electron chi connectivity index (χ1n) is 10.5. The SMILES string of the molecule is CN(CC1CC(=O)N(C2CCCC2)C1)c1cc(-c2ccccc2)nn2cnnc12. The lowest BCUT2D eigenvalue weighted by atomic mass is 10.1. The number of aromatic nitrogens is 4. The number of nitrogens with zero attached hydrogens (tertiary/aromatic N) is 6. The van der Waals surface area contributed by atoms with Crippen LogP contribution in [0.3, 0.4) is 0 Å². The summed E-state index contributed by atoms with van der Waals surface area (Å²) >= 11 is 0. The van der Waals surface area contributed by atoms with E-state index in [1.165, 1.54) is 25.7 Å².